The SMILES string of the molecule is COC(=O)[C@H]1CCCCN1C(=O)c1ccc([N+](=O)[O-])[nH]1. The van der Waals surface area contributed by atoms with Crippen LogP contribution < -0.4 is 0 Å². The van der Waals surface area contributed by atoms with E-state index >= 15 is 0 Å². The van der Waals surface area contributed by atoms with Gasteiger partial charge in [0.15, 0.2) is 5.69 Å². The predicted molar refractivity (Wildman–Crippen MR) is 68.1 cm³/mol. The first-order valence-electron chi connectivity index (χ1n) is 6.27. The van der Waals surface area contributed by atoms with E-state index in [9.17, 15) is 19.7 Å². The zero-order valence-electron chi connectivity index (χ0n) is 11.0. The Morgan fingerprint density at radius 2 is 2.20 bits per heavy atom. The van der Waals surface area contributed by atoms with Crippen LogP contribution in [0.25, 0.3) is 0 Å². The number of methoxy groups -OCH3 is 1. The fourth-order valence-electron chi connectivity index (χ4n) is 2.33. The summed E-state index contributed by atoms with van der Waals surface area (Å²) in [5.41, 5.74) is 0.104. The van der Waals surface area contributed by atoms with Gasteiger partial charge in [0.05, 0.1) is 7.11 Å². The topological polar surface area (TPSA) is 106 Å². The van der Waals surface area contributed by atoms with Crippen molar-refractivity contribution in [3.05, 3.63) is 27.9 Å². The summed E-state index contributed by atoms with van der Waals surface area (Å²) in [6, 6.07) is 1.96. The van der Waals surface area contributed by atoms with Crippen molar-refractivity contribution < 1.29 is 19.2 Å². The number of nitro groups is 1. The number of piperidine rings is 1. The van der Waals surface area contributed by atoms with Crippen molar-refractivity contribution in [2.24, 2.45) is 0 Å². The molecule has 108 valence electrons. The zero-order chi connectivity index (χ0) is 14.7. The summed E-state index contributed by atoms with van der Waals surface area (Å²) >= 11 is 0. The number of carbonyl (C=O) groups excluding carboxylic acids is 2. The maximum Gasteiger partial charge on any atom is 0.328 e. The van der Waals surface area contributed by atoms with Crippen LogP contribution in [0, 0.1) is 10.1 Å². The molecule has 0 unspecified atom stereocenters. The maximum absolute atomic E-state index is 12.3. The first-order chi connectivity index (χ1) is 9.54. The Hall–Kier alpha value is -2.38. The Balaban J connectivity index is 2.20. The number of rotatable bonds is 3. The number of H-pyrrole nitrogens is 1. The highest BCUT2D eigenvalue weighted by molar-refractivity contribution is 5.95. The highest BCUT2D eigenvalue weighted by atomic mass is 16.6. The number of carbonyl (C=O) groups is 2. The standard InChI is InChI=1S/C12H15N3O5/c1-20-12(17)9-4-2-3-7-14(9)11(16)8-5-6-10(13-8)15(18)19/h5-6,9,13H,2-4,7H2,1H3/t9-/m1/s1. The molecule has 0 bridgehead atoms. The summed E-state index contributed by atoms with van der Waals surface area (Å²) in [5, 5.41) is 10.6. The van der Waals surface area contributed by atoms with Crippen molar-refractivity contribution in [1.29, 1.82) is 0 Å². The van der Waals surface area contributed by atoms with Crippen molar-refractivity contribution in [3.8, 4) is 0 Å². The van der Waals surface area contributed by atoms with Gasteiger partial charge in [0, 0.05) is 12.6 Å². The number of hydrogen-bond donors (Lipinski definition) is 1. The molecular formula is C12H15N3O5. The first-order valence-corrected chi connectivity index (χ1v) is 6.27. The molecule has 0 aliphatic carbocycles. The monoisotopic (exact) mass is 281 g/mol. The molecular weight excluding hydrogens is 266 g/mol. The van der Waals surface area contributed by atoms with Crippen LogP contribution in [-0.4, -0.2) is 46.4 Å². The zero-order valence-corrected chi connectivity index (χ0v) is 11.0. The second kappa shape index (κ2) is 5.72. The molecule has 8 nitrogen and oxygen atoms in total. The highest BCUT2D eigenvalue weighted by Crippen LogP contribution is 2.21. The Bertz CT molecular complexity index is 539. The minimum absolute atomic E-state index is 0.104. The lowest BCUT2D eigenvalue weighted by molar-refractivity contribution is -0.389. The second-order valence-electron chi connectivity index (χ2n) is 4.55. The van der Waals surface area contributed by atoms with E-state index in [2.05, 4.69) is 4.98 Å². The summed E-state index contributed by atoms with van der Waals surface area (Å²) < 4.78 is 4.70. The number of nitrogens with zero attached hydrogens (tertiary/aromatic N) is 2. The van der Waals surface area contributed by atoms with Crippen LogP contribution in [-0.2, 0) is 9.53 Å². The molecule has 20 heavy (non-hydrogen) atoms. The van der Waals surface area contributed by atoms with E-state index in [0.29, 0.717) is 13.0 Å². The van der Waals surface area contributed by atoms with Crippen molar-refractivity contribution in [2.75, 3.05) is 13.7 Å². The van der Waals surface area contributed by atoms with Gasteiger partial charge in [-0.25, -0.2) is 9.78 Å². The highest BCUT2D eigenvalue weighted by Gasteiger charge is 2.35. The van der Waals surface area contributed by atoms with Crippen molar-refractivity contribution in [3.63, 3.8) is 0 Å². The third kappa shape index (κ3) is 2.63. The summed E-state index contributed by atoms with van der Waals surface area (Å²) in [5.74, 6) is -1.13. The van der Waals surface area contributed by atoms with Gasteiger partial charge in [-0.3, -0.25) is 4.79 Å². The van der Waals surface area contributed by atoms with Crippen LogP contribution in [0.2, 0.25) is 0 Å². The Morgan fingerprint density at radius 1 is 1.45 bits per heavy atom. The van der Waals surface area contributed by atoms with Gasteiger partial charge in [-0.15, -0.1) is 0 Å². The Labute approximate surface area is 114 Å². The number of amides is 1. The van der Waals surface area contributed by atoms with E-state index in [4.69, 9.17) is 4.74 Å². The van der Waals surface area contributed by atoms with Gasteiger partial charge in [0.25, 0.3) is 5.91 Å². The van der Waals surface area contributed by atoms with E-state index in [0.717, 1.165) is 12.8 Å². The second-order valence-corrected chi connectivity index (χ2v) is 4.55. The third-order valence-electron chi connectivity index (χ3n) is 3.33. The van der Waals surface area contributed by atoms with Gasteiger partial charge in [0.2, 0.25) is 0 Å². The summed E-state index contributed by atoms with van der Waals surface area (Å²) in [6.45, 7) is 0.436. The number of ether oxygens (including phenoxy) is 1. The minimum atomic E-state index is -0.622. The maximum atomic E-state index is 12.3. The summed E-state index contributed by atoms with van der Waals surface area (Å²) in [7, 11) is 1.28. The molecule has 0 saturated carbocycles. The molecule has 0 aromatic carbocycles. The van der Waals surface area contributed by atoms with E-state index in [1.165, 1.54) is 24.1 Å². The van der Waals surface area contributed by atoms with Gasteiger partial charge in [-0.05, 0) is 30.3 Å². The molecule has 1 N–H and O–H groups in total. The quantitative estimate of drug-likeness (QED) is 0.507. The molecule has 0 spiro atoms. The fraction of sp³-hybridized carbons (Fsp3) is 0.500. The largest absolute Gasteiger partial charge is 0.467 e. The van der Waals surface area contributed by atoms with Crippen molar-refractivity contribution >= 4 is 17.7 Å². The van der Waals surface area contributed by atoms with Crippen molar-refractivity contribution in [1.82, 2.24) is 9.88 Å². The molecule has 0 radical (unpaired) electrons. The van der Waals surface area contributed by atoms with Crippen LogP contribution in [0.5, 0.6) is 0 Å². The van der Waals surface area contributed by atoms with Crippen molar-refractivity contribution in [2.45, 2.75) is 25.3 Å². The van der Waals surface area contributed by atoms with Crippen LogP contribution in [0.3, 0.4) is 0 Å². The average molecular weight is 281 g/mol. The lowest BCUT2D eigenvalue weighted by atomic mass is 10.0. The summed E-state index contributed by atoms with van der Waals surface area (Å²) in [4.78, 5) is 37.9. The van der Waals surface area contributed by atoms with Crippen LogP contribution in [0.4, 0.5) is 5.82 Å². The van der Waals surface area contributed by atoms with Gasteiger partial charge in [-0.2, -0.15) is 0 Å². The molecule has 8 heteroatoms. The van der Waals surface area contributed by atoms with Crippen LogP contribution in [0.1, 0.15) is 29.8 Å². The predicted octanol–water partition coefficient (Wildman–Crippen LogP) is 1.09. The molecule has 1 fully saturated rings. The number of esters is 1. The lowest BCUT2D eigenvalue weighted by Gasteiger charge is -2.32. The Kier molecular flexibility index (Phi) is 4.02. The molecule has 1 atom stereocenters. The molecule has 1 aromatic heterocycles. The lowest BCUT2D eigenvalue weighted by Crippen LogP contribution is -2.48. The number of nitrogens with one attached hydrogen (secondary N) is 1. The molecule has 1 aromatic rings. The first kappa shape index (κ1) is 14.0. The van der Waals surface area contributed by atoms with E-state index in [1.54, 1.807) is 0 Å². The number of likely N-dealkylation sites (tertiary alicyclic amines) is 1. The molecule has 1 saturated heterocycles. The van der Waals surface area contributed by atoms with Crippen LogP contribution >= 0.6 is 0 Å². The Morgan fingerprint density at radius 3 is 2.80 bits per heavy atom. The van der Waals surface area contributed by atoms with Gasteiger partial charge < -0.3 is 19.8 Å². The van der Waals surface area contributed by atoms with Gasteiger partial charge in [0.1, 0.15) is 6.04 Å². The van der Waals surface area contributed by atoms with Crippen LogP contribution in [0.15, 0.2) is 12.1 Å². The van der Waals surface area contributed by atoms with Gasteiger partial charge >= 0.3 is 11.8 Å². The van der Waals surface area contributed by atoms with E-state index in [-0.39, 0.29) is 11.5 Å². The molecule has 1 amide bonds. The molecule has 1 aliphatic heterocycles. The molecule has 2 rings (SSSR count). The average Bonchev–Trinajstić information content (AvgIpc) is 2.95. The molecule has 1 aliphatic rings. The normalized spacial score (nSPS) is 18.6. The minimum Gasteiger partial charge on any atom is -0.467 e. The number of hydrogen-bond acceptors (Lipinski definition) is 5. The molecule has 2 heterocycles. The number of aromatic nitrogens is 1. The van der Waals surface area contributed by atoms with E-state index < -0.39 is 22.8 Å². The third-order valence-corrected chi connectivity index (χ3v) is 3.33. The van der Waals surface area contributed by atoms with Gasteiger partial charge in [-0.1, -0.05) is 0 Å². The summed E-state index contributed by atoms with van der Waals surface area (Å²) in [6.07, 6.45) is 2.18. The van der Waals surface area contributed by atoms with E-state index in [1.807, 2.05) is 0 Å². The fourth-order valence-corrected chi connectivity index (χ4v) is 2.33. The number of aromatic amines is 1. The smallest absolute Gasteiger partial charge is 0.328 e.